The normalized spacial score (nSPS) is 13.7. The molecule has 0 fully saturated rings. The van der Waals surface area contributed by atoms with E-state index in [1.54, 1.807) is 7.05 Å². The van der Waals surface area contributed by atoms with Gasteiger partial charge in [0, 0.05) is 18.8 Å². The van der Waals surface area contributed by atoms with Crippen LogP contribution in [-0.4, -0.2) is 32.8 Å². The topological polar surface area (TPSA) is 110 Å². The Kier molecular flexibility index (Phi) is 4.61. The standard InChI is InChI=1S/C11H16N4O3/c1-3-4-8(12)10(16)14-9(11(17)18)7-5-13-15(2)6-7/h3,5-6,8-9H,1,4,12H2,2H3,(H,14,16)(H,17,18). The number of amides is 1. The van der Waals surface area contributed by atoms with Gasteiger partial charge in [-0.15, -0.1) is 6.58 Å². The molecule has 0 aliphatic heterocycles. The molecule has 98 valence electrons. The van der Waals surface area contributed by atoms with Crippen molar-refractivity contribution >= 4 is 11.9 Å². The summed E-state index contributed by atoms with van der Waals surface area (Å²) in [6.07, 6.45) is 4.70. The van der Waals surface area contributed by atoms with Crippen molar-refractivity contribution in [3.8, 4) is 0 Å². The second kappa shape index (κ2) is 5.97. The quantitative estimate of drug-likeness (QED) is 0.595. The summed E-state index contributed by atoms with van der Waals surface area (Å²) in [7, 11) is 1.66. The van der Waals surface area contributed by atoms with E-state index < -0.39 is 24.0 Å². The number of hydrogen-bond acceptors (Lipinski definition) is 4. The molecular formula is C11H16N4O3. The molecule has 0 saturated heterocycles. The van der Waals surface area contributed by atoms with Gasteiger partial charge >= 0.3 is 5.97 Å². The maximum Gasteiger partial charge on any atom is 0.331 e. The minimum atomic E-state index is -1.16. The van der Waals surface area contributed by atoms with E-state index in [1.807, 2.05) is 0 Å². The summed E-state index contributed by atoms with van der Waals surface area (Å²) in [4.78, 5) is 22.8. The van der Waals surface area contributed by atoms with Crippen molar-refractivity contribution in [2.75, 3.05) is 0 Å². The number of rotatable bonds is 6. The highest BCUT2D eigenvalue weighted by Crippen LogP contribution is 2.12. The van der Waals surface area contributed by atoms with Gasteiger partial charge in [-0.25, -0.2) is 4.79 Å². The molecular weight excluding hydrogens is 236 g/mol. The first kappa shape index (κ1) is 13.9. The summed E-state index contributed by atoms with van der Waals surface area (Å²) in [5.41, 5.74) is 5.96. The summed E-state index contributed by atoms with van der Waals surface area (Å²) >= 11 is 0. The molecule has 0 spiro atoms. The molecule has 2 unspecified atom stereocenters. The molecule has 0 aromatic carbocycles. The Morgan fingerprint density at radius 2 is 2.39 bits per heavy atom. The van der Waals surface area contributed by atoms with Crippen LogP contribution in [0.2, 0.25) is 0 Å². The molecule has 4 N–H and O–H groups in total. The van der Waals surface area contributed by atoms with E-state index in [1.165, 1.54) is 23.2 Å². The lowest BCUT2D eigenvalue weighted by atomic mass is 10.1. The van der Waals surface area contributed by atoms with Crippen molar-refractivity contribution in [2.24, 2.45) is 12.8 Å². The predicted molar refractivity (Wildman–Crippen MR) is 64.5 cm³/mol. The Hall–Kier alpha value is -2.15. The first-order chi connectivity index (χ1) is 8.45. The van der Waals surface area contributed by atoms with E-state index in [4.69, 9.17) is 10.8 Å². The van der Waals surface area contributed by atoms with Crippen LogP contribution >= 0.6 is 0 Å². The molecule has 1 amide bonds. The van der Waals surface area contributed by atoms with Gasteiger partial charge in [0.1, 0.15) is 0 Å². The van der Waals surface area contributed by atoms with E-state index in [0.29, 0.717) is 5.56 Å². The monoisotopic (exact) mass is 252 g/mol. The number of nitrogens with two attached hydrogens (primary N) is 1. The highest BCUT2D eigenvalue weighted by atomic mass is 16.4. The van der Waals surface area contributed by atoms with Crippen LogP contribution in [0, 0.1) is 0 Å². The molecule has 1 aromatic heterocycles. The zero-order valence-corrected chi connectivity index (χ0v) is 10.0. The highest BCUT2D eigenvalue weighted by molar-refractivity contribution is 5.87. The largest absolute Gasteiger partial charge is 0.479 e. The SMILES string of the molecule is C=CCC(N)C(=O)NC(C(=O)O)c1cnn(C)c1. The predicted octanol–water partition coefficient (Wildman–Crippen LogP) is -0.435. The number of carbonyl (C=O) groups is 2. The van der Waals surface area contributed by atoms with Crippen LogP contribution in [0.25, 0.3) is 0 Å². The van der Waals surface area contributed by atoms with Crippen LogP contribution in [0.5, 0.6) is 0 Å². The van der Waals surface area contributed by atoms with Gasteiger partial charge in [-0.1, -0.05) is 6.08 Å². The molecule has 0 aliphatic rings. The summed E-state index contributed by atoms with van der Waals surface area (Å²) in [5.74, 6) is -1.70. The van der Waals surface area contributed by atoms with Crippen LogP contribution < -0.4 is 11.1 Å². The van der Waals surface area contributed by atoms with E-state index in [0.717, 1.165) is 0 Å². The fourth-order valence-electron chi connectivity index (χ4n) is 1.41. The summed E-state index contributed by atoms with van der Waals surface area (Å²) < 4.78 is 1.46. The molecule has 7 heteroatoms. The molecule has 1 heterocycles. The highest BCUT2D eigenvalue weighted by Gasteiger charge is 2.25. The number of carbonyl (C=O) groups excluding carboxylic acids is 1. The third-order valence-corrected chi connectivity index (χ3v) is 2.35. The summed E-state index contributed by atoms with van der Waals surface area (Å²) in [6.45, 7) is 3.47. The lowest BCUT2D eigenvalue weighted by Crippen LogP contribution is -2.44. The molecule has 7 nitrogen and oxygen atoms in total. The van der Waals surface area contributed by atoms with Crippen molar-refractivity contribution in [2.45, 2.75) is 18.5 Å². The van der Waals surface area contributed by atoms with Crippen LogP contribution in [0.15, 0.2) is 25.0 Å². The van der Waals surface area contributed by atoms with E-state index in [9.17, 15) is 9.59 Å². The van der Waals surface area contributed by atoms with Crippen molar-refractivity contribution < 1.29 is 14.7 Å². The number of carboxylic acid groups (broad SMARTS) is 1. The number of nitrogens with one attached hydrogen (secondary N) is 1. The van der Waals surface area contributed by atoms with Crippen molar-refractivity contribution in [1.29, 1.82) is 0 Å². The minimum Gasteiger partial charge on any atom is -0.479 e. The molecule has 1 rings (SSSR count). The van der Waals surface area contributed by atoms with Gasteiger partial charge in [-0.2, -0.15) is 5.10 Å². The van der Waals surface area contributed by atoms with Crippen LogP contribution in [0.3, 0.4) is 0 Å². The van der Waals surface area contributed by atoms with Gasteiger partial charge in [0.15, 0.2) is 6.04 Å². The third-order valence-electron chi connectivity index (χ3n) is 2.35. The molecule has 0 saturated carbocycles. The number of nitrogens with zero attached hydrogens (tertiary/aromatic N) is 2. The average Bonchev–Trinajstić information content (AvgIpc) is 2.72. The number of aromatic nitrogens is 2. The lowest BCUT2D eigenvalue weighted by molar-refractivity contribution is -0.142. The van der Waals surface area contributed by atoms with Gasteiger partial charge in [-0.3, -0.25) is 9.48 Å². The second-order valence-electron chi connectivity index (χ2n) is 3.86. The number of aliphatic carboxylic acids is 1. The Morgan fingerprint density at radius 3 is 2.83 bits per heavy atom. The Balaban J connectivity index is 2.79. The van der Waals surface area contributed by atoms with Gasteiger partial charge in [0.05, 0.1) is 12.2 Å². The Bertz CT molecular complexity index is 455. The van der Waals surface area contributed by atoms with Crippen molar-refractivity contribution in [3.63, 3.8) is 0 Å². The molecule has 0 bridgehead atoms. The van der Waals surface area contributed by atoms with Gasteiger partial charge in [0.2, 0.25) is 5.91 Å². The van der Waals surface area contributed by atoms with Crippen LogP contribution in [-0.2, 0) is 16.6 Å². The van der Waals surface area contributed by atoms with E-state index in [2.05, 4.69) is 17.0 Å². The van der Waals surface area contributed by atoms with Crippen molar-refractivity contribution in [1.82, 2.24) is 15.1 Å². The lowest BCUT2D eigenvalue weighted by Gasteiger charge is -2.15. The molecule has 0 aliphatic carbocycles. The maximum atomic E-state index is 11.7. The van der Waals surface area contributed by atoms with Crippen molar-refractivity contribution in [3.05, 3.63) is 30.6 Å². The summed E-state index contributed by atoms with van der Waals surface area (Å²) in [5, 5.41) is 15.3. The molecule has 0 radical (unpaired) electrons. The van der Waals surface area contributed by atoms with E-state index in [-0.39, 0.29) is 6.42 Å². The fourth-order valence-corrected chi connectivity index (χ4v) is 1.41. The first-order valence-corrected chi connectivity index (χ1v) is 5.34. The molecule has 1 aromatic rings. The van der Waals surface area contributed by atoms with Gasteiger partial charge < -0.3 is 16.2 Å². The number of aryl methyl sites for hydroxylation is 1. The Labute approximate surface area is 104 Å². The third kappa shape index (κ3) is 3.42. The molecule has 2 atom stereocenters. The minimum absolute atomic E-state index is 0.283. The average molecular weight is 252 g/mol. The number of carboxylic acids is 1. The maximum absolute atomic E-state index is 11.7. The first-order valence-electron chi connectivity index (χ1n) is 5.34. The van der Waals surface area contributed by atoms with Crippen LogP contribution in [0.4, 0.5) is 0 Å². The zero-order valence-electron chi connectivity index (χ0n) is 10.0. The number of hydrogen-bond donors (Lipinski definition) is 3. The summed E-state index contributed by atoms with van der Waals surface area (Å²) in [6, 6.07) is -1.96. The van der Waals surface area contributed by atoms with Gasteiger partial charge in [-0.05, 0) is 6.42 Å². The molecule has 18 heavy (non-hydrogen) atoms. The second-order valence-corrected chi connectivity index (χ2v) is 3.86. The zero-order chi connectivity index (χ0) is 13.7. The van der Waals surface area contributed by atoms with E-state index >= 15 is 0 Å². The van der Waals surface area contributed by atoms with Gasteiger partial charge in [0.25, 0.3) is 0 Å². The fraction of sp³-hybridized carbons (Fsp3) is 0.364. The van der Waals surface area contributed by atoms with Crippen LogP contribution in [0.1, 0.15) is 18.0 Å². The Morgan fingerprint density at radius 1 is 1.72 bits per heavy atom. The smallest absolute Gasteiger partial charge is 0.331 e.